The van der Waals surface area contributed by atoms with Gasteiger partial charge in [-0.05, 0) is 49.6 Å². The summed E-state index contributed by atoms with van der Waals surface area (Å²) in [5, 5.41) is 2.81. The van der Waals surface area contributed by atoms with E-state index in [0.29, 0.717) is 5.69 Å². The van der Waals surface area contributed by atoms with E-state index >= 15 is 0 Å². The Balaban J connectivity index is 1.75. The third kappa shape index (κ3) is 4.02. The second kappa shape index (κ2) is 6.88. The lowest BCUT2D eigenvalue weighted by atomic mass is 9.96. The normalized spacial score (nSPS) is 17.0. The summed E-state index contributed by atoms with van der Waals surface area (Å²) >= 11 is 0. The van der Waals surface area contributed by atoms with E-state index in [0.717, 1.165) is 24.8 Å². The van der Waals surface area contributed by atoms with Crippen LogP contribution in [0, 0.1) is 0 Å². The Morgan fingerprint density at radius 2 is 1.96 bits per heavy atom. The molecular weight excluding hydrogens is 336 g/mol. The Kier molecular flexibility index (Phi) is 4.81. The van der Waals surface area contributed by atoms with Crippen LogP contribution >= 0.6 is 0 Å². The molecule has 0 bridgehead atoms. The van der Waals surface area contributed by atoms with Crippen molar-refractivity contribution in [3.05, 3.63) is 54.1 Å². The number of hydrogen-bond donors (Lipinski definition) is 1. The molecule has 1 aliphatic heterocycles. The van der Waals surface area contributed by atoms with E-state index in [1.54, 1.807) is 12.1 Å². The molecule has 1 unspecified atom stereocenters. The van der Waals surface area contributed by atoms with Gasteiger partial charge < -0.3 is 10.2 Å². The summed E-state index contributed by atoms with van der Waals surface area (Å²) < 4.78 is 23.3. The third-order valence-electron chi connectivity index (χ3n) is 4.52. The molecule has 0 aliphatic carbocycles. The number of anilines is 2. The highest BCUT2D eigenvalue weighted by atomic mass is 32.2. The minimum absolute atomic E-state index is 0.158. The average Bonchev–Trinajstić information content (AvgIpc) is 2.57. The van der Waals surface area contributed by atoms with E-state index in [1.807, 2.05) is 18.2 Å². The maximum Gasteiger partial charge on any atom is 0.243 e. The topological polar surface area (TPSA) is 66.5 Å². The van der Waals surface area contributed by atoms with Crippen LogP contribution in [0.2, 0.25) is 0 Å². The van der Waals surface area contributed by atoms with Gasteiger partial charge in [0.15, 0.2) is 9.84 Å². The number of aryl methyl sites for hydroxylation is 1. The Morgan fingerprint density at radius 3 is 2.72 bits per heavy atom. The van der Waals surface area contributed by atoms with Crippen molar-refractivity contribution < 1.29 is 13.2 Å². The number of benzene rings is 2. The van der Waals surface area contributed by atoms with Gasteiger partial charge in [-0.2, -0.15) is 0 Å². The van der Waals surface area contributed by atoms with Crippen LogP contribution in [-0.2, 0) is 21.1 Å². The number of carbonyl (C=O) groups is 1. The van der Waals surface area contributed by atoms with Gasteiger partial charge >= 0.3 is 0 Å². The Labute approximate surface area is 148 Å². The zero-order valence-electron chi connectivity index (χ0n) is 14.4. The van der Waals surface area contributed by atoms with Gasteiger partial charge in [0.25, 0.3) is 0 Å². The first-order valence-corrected chi connectivity index (χ1v) is 10.2. The van der Waals surface area contributed by atoms with E-state index in [-0.39, 0.29) is 23.4 Å². The zero-order valence-corrected chi connectivity index (χ0v) is 15.2. The standard InChI is InChI=1S/C19H22N2O3S/c1-14-10-11-15-6-3-4-9-18(15)21(14)13-19(22)20-16-7-5-8-17(12-16)25(2,23)24/h3-9,12,14H,10-11,13H2,1-2H3,(H,20,22). The fraction of sp³-hybridized carbons (Fsp3) is 0.316. The van der Waals surface area contributed by atoms with Crippen LogP contribution in [-0.4, -0.2) is 33.2 Å². The lowest BCUT2D eigenvalue weighted by Crippen LogP contribution is -2.42. The van der Waals surface area contributed by atoms with Gasteiger partial charge in [-0.15, -0.1) is 0 Å². The minimum Gasteiger partial charge on any atom is -0.359 e. The predicted molar refractivity (Wildman–Crippen MR) is 99.8 cm³/mol. The lowest BCUT2D eigenvalue weighted by molar-refractivity contribution is -0.115. The van der Waals surface area contributed by atoms with Crippen LogP contribution < -0.4 is 10.2 Å². The number of nitrogens with zero attached hydrogens (tertiary/aromatic N) is 1. The van der Waals surface area contributed by atoms with E-state index in [1.165, 1.54) is 17.7 Å². The molecule has 1 heterocycles. The first-order chi connectivity index (χ1) is 11.8. The van der Waals surface area contributed by atoms with E-state index in [4.69, 9.17) is 0 Å². The van der Waals surface area contributed by atoms with Gasteiger partial charge in [0, 0.05) is 23.7 Å². The summed E-state index contributed by atoms with van der Waals surface area (Å²) in [6, 6.07) is 14.8. The van der Waals surface area contributed by atoms with Crippen molar-refractivity contribution in [2.45, 2.75) is 30.7 Å². The number of hydrogen-bond acceptors (Lipinski definition) is 4. The molecule has 2 aromatic carbocycles. The highest BCUT2D eigenvalue weighted by molar-refractivity contribution is 7.90. The molecule has 1 amide bonds. The Morgan fingerprint density at radius 1 is 1.20 bits per heavy atom. The van der Waals surface area contributed by atoms with Gasteiger partial charge in [-0.25, -0.2) is 8.42 Å². The number of nitrogens with one attached hydrogen (secondary N) is 1. The summed E-state index contributed by atoms with van der Waals surface area (Å²) in [5.74, 6) is -0.158. The third-order valence-corrected chi connectivity index (χ3v) is 5.63. The van der Waals surface area contributed by atoms with Gasteiger partial charge in [-0.3, -0.25) is 4.79 Å². The predicted octanol–water partition coefficient (Wildman–Crippen LogP) is 2.87. The maximum absolute atomic E-state index is 12.5. The van der Waals surface area contributed by atoms with Gasteiger partial charge in [0.05, 0.1) is 11.4 Å². The highest BCUT2D eigenvalue weighted by Crippen LogP contribution is 2.30. The molecule has 1 aliphatic rings. The summed E-state index contributed by atoms with van der Waals surface area (Å²) in [6.07, 6.45) is 3.18. The molecule has 25 heavy (non-hydrogen) atoms. The fourth-order valence-electron chi connectivity index (χ4n) is 3.16. The Bertz CT molecular complexity index is 893. The van der Waals surface area contributed by atoms with Crippen LogP contribution in [0.1, 0.15) is 18.9 Å². The van der Waals surface area contributed by atoms with Gasteiger partial charge in [-0.1, -0.05) is 24.3 Å². The van der Waals surface area contributed by atoms with Crippen LogP contribution in [0.3, 0.4) is 0 Å². The van der Waals surface area contributed by atoms with Crippen molar-refractivity contribution in [1.82, 2.24) is 0 Å². The zero-order chi connectivity index (χ0) is 18.0. The van der Waals surface area contributed by atoms with Crippen LogP contribution in [0.25, 0.3) is 0 Å². The molecule has 0 fully saturated rings. The van der Waals surface area contributed by atoms with Gasteiger partial charge in [0.1, 0.15) is 0 Å². The van der Waals surface area contributed by atoms with Crippen molar-refractivity contribution in [2.75, 3.05) is 23.0 Å². The maximum atomic E-state index is 12.5. The van der Waals surface area contributed by atoms with E-state index in [2.05, 4.69) is 23.2 Å². The molecule has 5 nitrogen and oxygen atoms in total. The van der Waals surface area contributed by atoms with Crippen molar-refractivity contribution in [1.29, 1.82) is 0 Å². The van der Waals surface area contributed by atoms with Crippen molar-refractivity contribution in [3.63, 3.8) is 0 Å². The average molecular weight is 358 g/mol. The SMILES string of the molecule is CC1CCc2ccccc2N1CC(=O)Nc1cccc(S(C)(=O)=O)c1. The molecule has 1 atom stereocenters. The molecule has 0 spiro atoms. The first kappa shape index (κ1) is 17.5. The van der Waals surface area contributed by atoms with Crippen molar-refractivity contribution in [2.24, 2.45) is 0 Å². The molecule has 0 radical (unpaired) electrons. The molecule has 0 aromatic heterocycles. The van der Waals surface area contributed by atoms with Gasteiger partial charge in [0.2, 0.25) is 5.91 Å². The molecule has 1 N–H and O–H groups in total. The fourth-order valence-corrected chi connectivity index (χ4v) is 3.83. The molecule has 0 saturated heterocycles. The number of para-hydroxylation sites is 1. The number of sulfone groups is 1. The molecule has 2 aromatic rings. The lowest BCUT2D eigenvalue weighted by Gasteiger charge is -2.36. The molecule has 3 rings (SSSR count). The van der Waals surface area contributed by atoms with Crippen LogP contribution in [0.4, 0.5) is 11.4 Å². The highest BCUT2D eigenvalue weighted by Gasteiger charge is 2.24. The van der Waals surface area contributed by atoms with E-state index < -0.39 is 9.84 Å². The molecule has 6 heteroatoms. The molecule has 132 valence electrons. The quantitative estimate of drug-likeness (QED) is 0.913. The molecular formula is C19H22N2O3S. The largest absolute Gasteiger partial charge is 0.359 e. The van der Waals surface area contributed by atoms with Crippen LogP contribution in [0.15, 0.2) is 53.4 Å². The number of fused-ring (bicyclic) bond motifs is 1. The first-order valence-electron chi connectivity index (χ1n) is 8.29. The second-order valence-electron chi connectivity index (χ2n) is 6.49. The monoisotopic (exact) mass is 358 g/mol. The smallest absolute Gasteiger partial charge is 0.243 e. The second-order valence-corrected chi connectivity index (χ2v) is 8.51. The number of amides is 1. The Hall–Kier alpha value is -2.34. The summed E-state index contributed by atoms with van der Waals surface area (Å²) in [5.41, 5.74) is 2.85. The summed E-state index contributed by atoms with van der Waals surface area (Å²) in [4.78, 5) is 14.8. The number of rotatable bonds is 4. The summed E-state index contributed by atoms with van der Waals surface area (Å²) in [6.45, 7) is 2.36. The van der Waals surface area contributed by atoms with E-state index in [9.17, 15) is 13.2 Å². The minimum atomic E-state index is -3.30. The number of carbonyl (C=O) groups excluding carboxylic acids is 1. The van der Waals surface area contributed by atoms with Crippen molar-refractivity contribution in [3.8, 4) is 0 Å². The molecule has 0 saturated carbocycles. The van der Waals surface area contributed by atoms with Crippen molar-refractivity contribution >= 4 is 27.1 Å². The summed E-state index contributed by atoms with van der Waals surface area (Å²) in [7, 11) is -3.30. The van der Waals surface area contributed by atoms with Crippen LogP contribution in [0.5, 0.6) is 0 Å².